The molecule has 0 unspecified atom stereocenters. The van der Waals surface area contributed by atoms with Crippen molar-refractivity contribution in [2.75, 3.05) is 0 Å². The average Bonchev–Trinajstić information content (AvgIpc) is 3.58. The highest BCUT2D eigenvalue weighted by atomic mass is 32.1. The van der Waals surface area contributed by atoms with Crippen LogP contribution in [0.15, 0.2) is 152 Å². The molecule has 0 amide bonds. The second-order valence-corrected chi connectivity index (χ2v) is 15.7. The smallest absolute Gasteiger partial charge is 0.195 e. The van der Waals surface area contributed by atoms with Gasteiger partial charge in [-0.3, -0.25) is 4.40 Å². The van der Waals surface area contributed by atoms with Crippen LogP contribution in [-0.2, 0) is 0 Å². The fraction of sp³-hybridized carbons (Fsp3) is 0.0263. The van der Waals surface area contributed by atoms with Gasteiger partial charge in [0.05, 0.1) is 21.3 Å². The normalized spacial score (nSPS) is 11.9. The number of thiazole rings is 1. The molecule has 2 nitrogen and oxygen atoms in total. The van der Waals surface area contributed by atoms with Gasteiger partial charge in [0, 0.05) is 0 Å². The molecule has 0 atom stereocenters. The van der Waals surface area contributed by atoms with E-state index in [0.717, 1.165) is 16.0 Å². The molecule has 0 saturated heterocycles. The fourth-order valence-electron chi connectivity index (χ4n) is 6.63. The Morgan fingerprint density at radius 3 is 1.76 bits per heavy atom. The number of imidazole rings is 1. The lowest BCUT2D eigenvalue weighted by atomic mass is 10.0. The third-order valence-electron chi connectivity index (χ3n) is 8.51. The van der Waals surface area contributed by atoms with Crippen LogP contribution in [0.25, 0.3) is 37.3 Å². The van der Waals surface area contributed by atoms with E-state index in [1.165, 1.54) is 47.7 Å². The van der Waals surface area contributed by atoms with Crippen LogP contribution in [0, 0.1) is 6.92 Å². The molecule has 8 rings (SSSR count). The Hall–Kier alpha value is -4.77. The van der Waals surface area contributed by atoms with Crippen molar-refractivity contribution in [3.05, 3.63) is 157 Å². The van der Waals surface area contributed by atoms with Gasteiger partial charge in [-0.2, -0.15) is 0 Å². The van der Waals surface area contributed by atoms with Crippen LogP contribution in [0.3, 0.4) is 0 Å². The van der Waals surface area contributed by atoms with E-state index in [-0.39, 0.29) is 0 Å². The monoisotopic (exact) mass is 572 g/mol. The summed E-state index contributed by atoms with van der Waals surface area (Å²) in [6.07, 6.45) is 0. The zero-order valence-electron chi connectivity index (χ0n) is 23.2. The summed E-state index contributed by atoms with van der Waals surface area (Å²) in [5.74, 6) is 0. The molecule has 0 aliphatic heterocycles. The lowest BCUT2D eigenvalue weighted by molar-refractivity contribution is 1.34. The highest BCUT2D eigenvalue weighted by Gasteiger charge is 2.41. The van der Waals surface area contributed by atoms with Gasteiger partial charge in [0.15, 0.2) is 13.0 Å². The second kappa shape index (κ2) is 9.95. The Labute approximate surface area is 250 Å². The molecule has 2 heterocycles. The molecule has 0 N–H and O–H groups in total. The highest BCUT2D eigenvalue weighted by molar-refractivity contribution is 7.23. The predicted molar refractivity (Wildman–Crippen MR) is 182 cm³/mol. The van der Waals surface area contributed by atoms with Gasteiger partial charge >= 0.3 is 0 Å². The van der Waals surface area contributed by atoms with E-state index in [9.17, 15) is 0 Å². The van der Waals surface area contributed by atoms with Crippen LogP contribution in [-0.4, -0.2) is 17.5 Å². The summed E-state index contributed by atoms with van der Waals surface area (Å²) in [6, 6.07) is 55.9. The molecule has 0 aliphatic rings. The minimum Gasteiger partial charge on any atom is -0.283 e. The van der Waals surface area contributed by atoms with Crippen molar-refractivity contribution in [1.29, 1.82) is 0 Å². The summed E-state index contributed by atoms with van der Waals surface area (Å²) in [5.41, 5.74) is 7.20. The first kappa shape index (κ1) is 25.0. The largest absolute Gasteiger partial charge is 0.283 e. The van der Waals surface area contributed by atoms with E-state index in [0.29, 0.717) is 0 Å². The van der Waals surface area contributed by atoms with E-state index < -0.39 is 8.07 Å². The van der Waals surface area contributed by atoms with E-state index in [1.54, 1.807) is 11.3 Å². The summed E-state index contributed by atoms with van der Waals surface area (Å²) in [4.78, 5) is 5.96. The van der Waals surface area contributed by atoms with Gasteiger partial charge in [-0.15, -0.1) is 0 Å². The van der Waals surface area contributed by atoms with Crippen LogP contribution in [0.4, 0.5) is 0 Å². The van der Waals surface area contributed by atoms with Crippen molar-refractivity contribution < 1.29 is 0 Å². The molecule has 4 heteroatoms. The Morgan fingerprint density at radius 1 is 0.548 bits per heavy atom. The van der Waals surface area contributed by atoms with Gasteiger partial charge < -0.3 is 0 Å². The van der Waals surface area contributed by atoms with Crippen LogP contribution < -0.4 is 20.7 Å². The molecule has 0 bridgehead atoms. The van der Waals surface area contributed by atoms with Gasteiger partial charge in [0.1, 0.15) is 0 Å². The first-order valence-corrected chi connectivity index (χ1v) is 17.1. The fourth-order valence-corrected chi connectivity index (χ4v) is 12.5. The zero-order chi connectivity index (χ0) is 28.1. The number of aryl methyl sites for hydroxylation is 1. The molecule has 6 aromatic carbocycles. The summed E-state index contributed by atoms with van der Waals surface area (Å²) >= 11 is 1.76. The van der Waals surface area contributed by atoms with Crippen molar-refractivity contribution in [3.63, 3.8) is 0 Å². The number of nitrogens with zero attached hydrogens (tertiary/aromatic N) is 2. The number of hydrogen-bond donors (Lipinski definition) is 0. The topological polar surface area (TPSA) is 17.3 Å². The van der Waals surface area contributed by atoms with Crippen LogP contribution >= 0.6 is 11.3 Å². The van der Waals surface area contributed by atoms with Crippen molar-refractivity contribution >= 4 is 66.4 Å². The van der Waals surface area contributed by atoms with Gasteiger partial charge in [-0.1, -0.05) is 139 Å². The van der Waals surface area contributed by atoms with E-state index >= 15 is 0 Å². The lowest BCUT2D eigenvalue weighted by Crippen LogP contribution is -2.74. The van der Waals surface area contributed by atoms with Crippen LogP contribution in [0.5, 0.6) is 0 Å². The van der Waals surface area contributed by atoms with Gasteiger partial charge in [0.25, 0.3) is 0 Å². The first-order chi connectivity index (χ1) is 20.7. The third-order valence-corrected chi connectivity index (χ3v) is 14.3. The molecule has 2 aromatic heterocycles. The summed E-state index contributed by atoms with van der Waals surface area (Å²) < 4.78 is 3.58. The van der Waals surface area contributed by atoms with Gasteiger partial charge in [0.2, 0.25) is 0 Å². The molecule has 0 radical (unpaired) electrons. The Kier molecular flexibility index (Phi) is 5.92. The summed E-state index contributed by atoms with van der Waals surface area (Å²) in [6.45, 7) is 2.23. The summed E-state index contributed by atoms with van der Waals surface area (Å²) in [7, 11) is -2.60. The number of aromatic nitrogens is 2. The maximum atomic E-state index is 4.92. The van der Waals surface area contributed by atoms with Crippen molar-refractivity contribution in [2.45, 2.75) is 6.92 Å². The molecule has 0 fully saturated rings. The maximum Gasteiger partial charge on any atom is 0.195 e. The first-order valence-electron chi connectivity index (χ1n) is 14.3. The number of fused-ring (bicyclic) bond motifs is 5. The van der Waals surface area contributed by atoms with Crippen molar-refractivity contribution in [1.82, 2.24) is 9.38 Å². The number of rotatable bonds is 5. The second-order valence-electron chi connectivity index (χ2n) is 10.9. The molecule has 200 valence electrons. The SMILES string of the molecule is Cc1cc2sc3nc4ccccc4n3c2cc1-c1cccc([Si](c2ccccc2)(c2ccccc2)c2ccccc2)c1. The average molecular weight is 573 g/mol. The van der Waals surface area contributed by atoms with Crippen LogP contribution in [0.2, 0.25) is 0 Å². The highest BCUT2D eigenvalue weighted by Crippen LogP contribution is 2.35. The Morgan fingerprint density at radius 2 is 1.12 bits per heavy atom. The van der Waals surface area contributed by atoms with E-state index in [2.05, 4.69) is 163 Å². The zero-order valence-corrected chi connectivity index (χ0v) is 25.1. The molecule has 8 aromatic rings. The third kappa shape index (κ3) is 3.80. The van der Waals surface area contributed by atoms with Crippen molar-refractivity contribution in [3.8, 4) is 11.1 Å². The van der Waals surface area contributed by atoms with Gasteiger partial charge in [-0.05, 0) is 68.6 Å². The predicted octanol–water partition coefficient (Wildman–Crippen LogP) is 7.06. The minimum atomic E-state index is -2.60. The number of para-hydroxylation sites is 2. The molecular formula is C38H28N2SSi. The minimum absolute atomic E-state index is 1.04. The molecule has 0 saturated carbocycles. The number of hydrogen-bond acceptors (Lipinski definition) is 2. The van der Waals surface area contributed by atoms with E-state index in [1.807, 2.05) is 0 Å². The Bertz CT molecular complexity index is 2100. The lowest BCUT2D eigenvalue weighted by Gasteiger charge is -2.34. The van der Waals surface area contributed by atoms with Crippen LogP contribution in [0.1, 0.15) is 5.56 Å². The molecule has 0 spiro atoms. The van der Waals surface area contributed by atoms with E-state index in [4.69, 9.17) is 4.98 Å². The van der Waals surface area contributed by atoms with Gasteiger partial charge in [-0.25, -0.2) is 4.98 Å². The number of benzene rings is 6. The van der Waals surface area contributed by atoms with Crippen molar-refractivity contribution in [2.24, 2.45) is 0 Å². The summed E-state index contributed by atoms with van der Waals surface area (Å²) in [5, 5.41) is 5.54. The molecule has 0 aliphatic carbocycles. The molecule has 42 heavy (non-hydrogen) atoms. The molecular weight excluding hydrogens is 545 g/mol. The standard InChI is InChI=1S/C38H28N2SSi/c1-27-24-37-36(40-35-23-12-11-22-34(35)39-38(40)41-37)26-33(27)28-14-13-21-32(25-28)42(29-15-5-2-6-16-29,30-17-7-3-8-18-30)31-19-9-4-10-20-31/h2-26H,1H3. The quantitative estimate of drug-likeness (QED) is 0.160. The maximum absolute atomic E-state index is 4.92. The Balaban J connectivity index is 1.40.